The molecular formula is C9H17N3. The largest absolute Gasteiger partial charge is 0.313 e. The van der Waals surface area contributed by atoms with Crippen molar-refractivity contribution in [3.8, 4) is 0 Å². The van der Waals surface area contributed by atoms with Gasteiger partial charge < -0.3 is 5.32 Å². The zero-order valence-electron chi connectivity index (χ0n) is 8.09. The number of aryl methyl sites for hydroxylation is 2. The third-order valence-electron chi connectivity index (χ3n) is 1.89. The Morgan fingerprint density at radius 1 is 1.50 bits per heavy atom. The van der Waals surface area contributed by atoms with Gasteiger partial charge in [-0.1, -0.05) is 13.8 Å². The van der Waals surface area contributed by atoms with Gasteiger partial charge in [0.15, 0.2) is 0 Å². The van der Waals surface area contributed by atoms with Crippen molar-refractivity contribution in [2.45, 2.75) is 26.8 Å². The third kappa shape index (κ3) is 2.08. The van der Waals surface area contributed by atoms with Gasteiger partial charge in [0.05, 0.1) is 5.69 Å². The van der Waals surface area contributed by atoms with E-state index in [1.54, 1.807) is 0 Å². The van der Waals surface area contributed by atoms with Crippen molar-refractivity contribution in [2.75, 3.05) is 6.54 Å². The second-order valence-corrected chi connectivity index (χ2v) is 2.91. The average Bonchev–Trinajstić information content (AvgIpc) is 2.42. The summed E-state index contributed by atoms with van der Waals surface area (Å²) in [6, 6.07) is 0. The van der Waals surface area contributed by atoms with Gasteiger partial charge in [-0.2, -0.15) is 5.10 Å². The van der Waals surface area contributed by atoms with Crippen molar-refractivity contribution in [3.05, 3.63) is 17.5 Å². The summed E-state index contributed by atoms with van der Waals surface area (Å²) in [5.41, 5.74) is 2.53. The quantitative estimate of drug-likeness (QED) is 0.727. The molecule has 0 fully saturated rings. The second-order valence-electron chi connectivity index (χ2n) is 2.91. The van der Waals surface area contributed by atoms with Gasteiger partial charge in [0.1, 0.15) is 0 Å². The number of nitrogens with one attached hydrogen (secondary N) is 1. The van der Waals surface area contributed by atoms with Crippen LogP contribution in [0.25, 0.3) is 0 Å². The maximum Gasteiger partial charge on any atom is 0.0666 e. The highest BCUT2D eigenvalue weighted by Gasteiger charge is 2.03. The Morgan fingerprint density at radius 2 is 2.25 bits per heavy atom. The zero-order chi connectivity index (χ0) is 8.97. The summed E-state index contributed by atoms with van der Waals surface area (Å²) < 4.78 is 1.88. The predicted molar refractivity (Wildman–Crippen MR) is 50.0 cm³/mol. The summed E-state index contributed by atoms with van der Waals surface area (Å²) in [6.07, 6.45) is 3.10. The van der Waals surface area contributed by atoms with E-state index in [2.05, 4.69) is 30.5 Å². The first-order valence-corrected chi connectivity index (χ1v) is 4.50. The average molecular weight is 167 g/mol. The smallest absolute Gasteiger partial charge is 0.0666 e. The predicted octanol–water partition coefficient (Wildman–Crippen LogP) is 1.09. The van der Waals surface area contributed by atoms with Gasteiger partial charge in [0, 0.05) is 25.4 Å². The minimum atomic E-state index is 0.938. The molecule has 0 saturated heterocycles. The number of hydrogen-bond acceptors (Lipinski definition) is 2. The van der Waals surface area contributed by atoms with E-state index < -0.39 is 0 Å². The topological polar surface area (TPSA) is 29.9 Å². The first-order valence-electron chi connectivity index (χ1n) is 4.50. The van der Waals surface area contributed by atoms with E-state index in [4.69, 9.17) is 0 Å². The van der Waals surface area contributed by atoms with Crippen LogP contribution in [0, 0.1) is 0 Å². The van der Waals surface area contributed by atoms with Crippen LogP contribution >= 0.6 is 0 Å². The lowest BCUT2D eigenvalue weighted by Gasteiger charge is -1.99. The van der Waals surface area contributed by atoms with Gasteiger partial charge in [-0.3, -0.25) is 4.68 Å². The molecule has 1 heterocycles. The highest BCUT2D eigenvalue weighted by atomic mass is 15.3. The molecule has 0 atom stereocenters. The first kappa shape index (κ1) is 9.26. The van der Waals surface area contributed by atoms with Crippen LogP contribution in [-0.4, -0.2) is 16.3 Å². The van der Waals surface area contributed by atoms with E-state index >= 15 is 0 Å². The molecule has 68 valence electrons. The van der Waals surface area contributed by atoms with Crippen LogP contribution in [0.2, 0.25) is 0 Å². The molecule has 0 amide bonds. The van der Waals surface area contributed by atoms with E-state index in [9.17, 15) is 0 Å². The van der Waals surface area contributed by atoms with Crippen molar-refractivity contribution in [3.63, 3.8) is 0 Å². The SMILES string of the molecule is CCNCc1cn(C)nc1CC. The van der Waals surface area contributed by atoms with Crippen LogP contribution < -0.4 is 5.32 Å². The molecule has 1 N–H and O–H groups in total. The molecule has 1 aromatic heterocycles. The van der Waals surface area contributed by atoms with Crippen LogP contribution in [0.15, 0.2) is 6.20 Å². The minimum absolute atomic E-state index is 0.938. The molecule has 0 unspecified atom stereocenters. The number of hydrogen-bond donors (Lipinski definition) is 1. The van der Waals surface area contributed by atoms with E-state index in [1.165, 1.54) is 11.3 Å². The normalized spacial score (nSPS) is 10.6. The molecule has 3 heteroatoms. The molecule has 0 radical (unpaired) electrons. The van der Waals surface area contributed by atoms with Crippen LogP contribution in [0.5, 0.6) is 0 Å². The lowest BCUT2D eigenvalue weighted by atomic mass is 10.2. The molecule has 0 aromatic carbocycles. The van der Waals surface area contributed by atoms with E-state index in [0.717, 1.165) is 19.5 Å². The Kier molecular flexibility index (Phi) is 3.29. The monoisotopic (exact) mass is 167 g/mol. The highest BCUT2D eigenvalue weighted by Crippen LogP contribution is 2.05. The molecule has 0 aliphatic heterocycles. The van der Waals surface area contributed by atoms with Gasteiger partial charge in [-0.15, -0.1) is 0 Å². The van der Waals surface area contributed by atoms with Crippen molar-refractivity contribution in [1.82, 2.24) is 15.1 Å². The number of nitrogens with zero attached hydrogens (tertiary/aromatic N) is 2. The Morgan fingerprint density at radius 3 is 2.83 bits per heavy atom. The fourth-order valence-corrected chi connectivity index (χ4v) is 1.29. The van der Waals surface area contributed by atoms with E-state index in [1.807, 2.05) is 11.7 Å². The second kappa shape index (κ2) is 4.26. The molecule has 12 heavy (non-hydrogen) atoms. The number of rotatable bonds is 4. The molecule has 0 aliphatic rings. The summed E-state index contributed by atoms with van der Waals surface area (Å²) in [5.74, 6) is 0. The lowest BCUT2D eigenvalue weighted by Crippen LogP contribution is -2.12. The van der Waals surface area contributed by atoms with Crippen LogP contribution in [0.1, 0.15) is 25.1 Å². The Labute approximate surface area is 73.8 Å². The van der Waals surface area contributed by atoms with Gasteiger partial charge in [-0.25, -0.2) is 0 Å². The summed E-state index contributed by atoms with van der Waals surface area (Å²) in [7, 11) is 1.97. The summed E-state index contributed by atoms with van der Waals surface area (Å²) in [6.45, 7) is 6.20. The van der Waals surface area contributed by atoms with Crippen molar-refractivity contribution in [2.24, 2.45) is 7.05 Å². The molecule has 0 spiro atoms. The Bertz CT molecular complexity index is 240. The maximum absolute atomic E-state index is 4.36. The van der Waals surface area contributed by atoms with Gasteiger partial charge in [0.2, 0.25) is 0 Å². The third-order valence-corrected chi connectivity index (χ3v) is 1.89. The van der Waals surface area contributed by atoms with Crippen molar-refractivity contribution in [1.29, 1.82) is 0 Å². The molecular weight excluding hydrogens is 150 g/mol. The fraction of sp³-hybridized carbons (Fsp3) is 0.667. The lowest BCUT2D eigenvalue weighted by molar-refractivity contribution is 0.720. The Balaban J connectivity index is 2.68. The first-order chi connectivity index (χ1) is 5.77. The number of aromatic nitrogens is 2. The minimum Gasteiger partial charge on any atom is -0.313 e. The molecule has 1 aromatic rings. The highest BCUT2D eigenvalue weighted by molar-refractivity contribution is 5.16. The molecule has 0 saturated carbocycles. The Hall–Kier alpha value is -0.830. The van der Waals surface area contributed by atoms with Gasteiger partial charge in [0.25, 0.3) is 0 Å². The van der Waals surface area contributed by atoms with Crippen LogP contribution in [0.3, 0.4) is 0 Å². The molecule has 1 rings (SSSR count). The van der Waals surface area contributed by atoms with Gasteiger partial charge >= 0.3 is 0 Å². The standard InChI is InChI=1S/C9H17N3/c1-4-9-8(6-10-5-2)7-12(3)11-9/h7,10H,4-6H2,1-3H3. The zero-order valence-corrected chi connectivity index (χ0v) is 8.09. The summed E-state index contributed by atoms with van der Waals surface area (Å²) >= 11 is 0. The molecule has 0 aliphatic carbocycles. The van der Waals surface area contributed by atoms with Crippen LogP contribution in [-0.2, 0) is 20.0 Å². The van der Waals surface area contributed by atoms with E-state index in [-0.39, 0.29) is 0 Å². The van der Waals surface area contributed by atoms with E-state index in [0.29, 0.717) is 0 Å². The molecule has 0 bridgehead atoms. The fourth-order valence-electron chi connectivity index (χ4n) is 1.29. The summed E-state index contributed by atoms with van der Waals surface area (Å²) in [5, 5.41) is 7.66. The molecule has 3 nitrogen and oxygen atoms in total. The van der Waals surface area contributed by atoms with Crippen LogP contribution in [0.4, 0.5) is 0 Å². The maximum atomic E-state index is 4.36. The van der Waals surface area contributed by atoms with Gasteiger partial charge in [-0.05, 0) is 13.0 Å². The summed E-state index contributed by atoms with van der Waals surface area (Å²) in [4.78, 5) is 0. The van der Waals surface area contributed by atoms with Crippen molar-refractivity contribution >= 4 is 0 Å². The van der Waals surface area contributed by atoms with Crippen molar-refractivity contribution < 1.29 is 0 Å².